The van der Waals surface area contributed by atoms with Crippen LogP contribution in [0.15, 0.2) is 104 Å². The van der Waals surface area contributed by atoms with Crippen LogP contribution in [0.3, 0.4) is 0 Å². The van der Waals surface area contributed by atoms with Gasteiger partial charge in [-0.05, 0) is 16.7 Å². The van der Waals surface area contributed by atoms with Gasteiger partial charge in [0.2, 0.25) is 0 Å². The Morgan fingerprint density at radius 2 is 1.22 bits per heavy atom. The number of ether oxygens (including phenoxy) is 5. The molecule has 0 spiro atoms. The zero-order chi connectivity index (χ0) is 25.0. The number of hydrogen-bond donors (Lipinski definition) is 0. The van der Waals surface area contributed by atoms with Gasteiger partial charge in [-0.25, -0.2) is 4.39 Å². The Hall–Kier alpha value is -2.87. The second-order valence-electron chi connectivity index (χ2n) is 8.63. The summed E-state index contributed by atoms with van der Waals surface area (Å²) >= 11 is 0. The molecule has 0 bridgehead atoms. The number of alkyl halides is 1. The second-order valence-corrected chi connectivity index (χ2v) is 8.63. The van der Waals surface area contributed by atoms with Crippen molar-refractivity contribution in [2.75, 3.05) is 13.2 Å². The van der Waals surface area contributed by atoms with Gasteiger partial charge in [0.1, 0.15) is 18.3 Å². The van der Waals surface area contributed by atoms with Crippen LogP contribution in [0.2, 0.25) is 0 Å². The maximum Gasteiger partial charge on any atom is 0.187 e. The Labute approximate surface area is 212 Å². The third-order valence-corrected chi connectivity index (χ3v) is 5.90. The fourth-order valence-corrected chi connectivity index (χ4v) is 4.09. The molecular formula is C30H33FO5. The van der Waals surface area contributed by atoms with Gasteiger partial charge < -0.3 is 23.7 Å². The lowest BCUT2D eigenvalue weighted by atomic mass is 10.1. The van der Waals surface area contributed by atoms with E-state index in [-0.39, 0.29) is 13.2 Å². The van der Waals surface area contributed by atoms with Crippen molar-refractivity contribution in [2.45, 2.75) is 50.6 Å². The van der Waals surface area contributed by atoms with Crippen LogP contribution in [0.1, 0.15) is 16.7 Å². The highest BCUT2D eigenvalue weighted by molar-refractivity contribution is 5.15. The van der Waals surface area contributed by atoms with Gasteiger partial charge in [-0.2, -0.15) is 0 Å². The smallest absolute Gasteiger partial charge is 0.187 e. The first-order valence-corrected chi connectivity index (χ1v) is 12.2. The van der Waals surface area contributed by atoms with E-state index in [1.807, 2.05) is 91.0 Å². The highest BCUT2D eigenvalue weighted by atomic mass is 19.1. The molecule has 1 aliphatic heterocycles. The Balaban J connectivity index is 1.47. The molecule has 3 aromatic rings. The van der Waals surface area contributed by atoms with Gasteiger partial charge in [-0.1, -0.05) is 97.1 Å². The molecule has 6 heteroatoms. The summed E-state index contributed by atoms with van der Waals surface area (Å²) in [7, 11) is 0. The van der Waals surface area contributed by atoms with E-state index in [0.29, 0.717) is 19.8 Å². The van der Waals surface area contributed by atoms with E-state index in [1.54, 1.807) is 6.08 Å². The van der Waals surface area contributed by atoms with Crippen molar-refractivity contribution >= 4 is 0 Å². The lowest BCUT2D eigenvalue weighted by molar-refractivity contribution is -0.181. The van der Waals surface area contributed by atoms with E-state index < -0.39 is 30.8 Å². The first-order valence-electron chi connectivity index (χ1n) is 12.2. The maximum atomic E-state index is 15.6. The molecule has 0 aromatic heterocycles. The second kappa shape index (κ2) is 14.0. The first-order chi connectivity index (χ1) is 17.7. The minimum absolute atomic E-state index is 0.135. The molecule has 0 radical (unpaired) electrons. The summed E-state index contributed by atoms with van der Waals surface area (Å²) in [6, 6.07) is 29.2. The SMILES string of the molecule is C=CCO[C@H]1O[C@@H]([C@@H](F)COCc2ccccc2)[C@H](OCc2ccccc2)[C@H]1OCc1ccccc1. The predicted molar refractivity (Wildman–Crippen MR) is 136 cm³/mol. The summed E-state index contributed by atoms with van der Waals surface area (Å²) in [6.07, 6.45) is -2.86. The third-order valence-electron chi connectivity index (χ3n) is 5.90. The summed E-state index contributed by atoms with van der Waals surface area (Å²) in [5.74, 6) is 0. The Kier molecular flexibility index (Phi) is 10.2. The van der Waals surface area contributed by atoms with Crippen molar-refractivity contribution in [3.8, 4) is 0 Å². The highest BCUT2D eigenvalue weighted by Crippen LogP contribution is 2.32. The third kappa shape index (κ3) is 7.56. The molecule has 0 amide bonds. The Morgan fingerprint density at radius 3 is 1.75 bits per heavy atom. The van der Waals surface area contributed by atoms with Crippen LogP contribution < -0.4 is 0 Å². The van der Waals surface area contributed by atoms with Crippen LogP contribution >= 0.6 is 0 Å². The van der Waals surface area contributed by atoms with Crippen LogP contribution in [0.4, 0.5) is 4.39 Å². The predicted octanol–water partition coefficient (Wildman–Crippen LogP) is 5.64. The van der Waals surface area contributed by atoms with Crippen molar-refractivity contribution in [2.24, 2.45) is 0 Å². The highest BCUT2D eigenvalue weighted by Gasteiger charge is 2.50. The van der Waals surface area contributed by atoms with E-state index in [0.717, 1.165) is 16.7 Å². The summed E-state index contributed by atoms with van der Waals surface area (Å²) in [4.78, 5) is 0. The number of halogens is 1. The van der Waals surface area contributed by atoms with Crippen molar-refractivity contribution < 1.29 is 28.1 Å². The van der Waals surface area contributed by atoms with Crippen LogP contribution in [-0.2, 0) is 43.5 Å². The van der Waals surface area contributed by atoms with Gasteiger partial charge in [0.25, 0.3) is 0 Å². The average Bonchev–Trinajstić information content (AvgIpc) is 3.28. The molecule has 1 heterocycles. The zero-order valence-corrected chi connectivity index (χ0v) is 20.3. The molecule has 0 aliphatic carbocycles. The zero-order valence-electron chi connectivity index (χ0n) is 20.3. The van der Waals surface area contributed by atoms with Crippen molar-refractivity contribution in [3.05, 3.63) is 120 Å². The van der Waals surface area contributed by atoms with Gasteiger partial charge in [0.05, 0.1) is 33.0 Å². The topological polar surface area (TPSA) is 46.2 Å². The number of hydrogen-bond acceptors (Lipinski definition) is 5. The van der Waals surface area contributed by atoms with Gasteiger partial charge in [0.15, 0.2) is 12.5 Å². The molecule has 1 saturated heterocycles. The molecule has 5 atom stereocenters. The Morgan fingerprint density at radius 1 is 0.722 bits per heavy atom. The van der Waals surface area contributed by atoms with E-state index in [2.05, 4.69) is 6.58 Å². The summed E-state index contributed by atoms with van der Waals surface area (Å²) in [5.41, 5.74) is 2.95. The van der Waals surface area contributed by atoms with Crippen LogP contribution in [0.25, 0.3) is 0 Å². The molecule has 0 N–H and O–H groups in total. The fraction of sp³-hybridized carbons (Fsp3) is 0.333. The minimum atomic E-state index is -1.44. The van der Waals surface area contributed by atoms with E-state index in [1.165, 1.54) is 0 Å². The van der Waals surface area contributed by atoms with Crippen molar-refractivity contribution in [1.82, 2.24) is 0 Å². The molecule has 0 saturated carbocycles. The number of rotatable bonds is 14. The molecule has 190 valence electrons. The molecule has 1 aliphatic rings. The lowest BCUT2D eigenvalue weighted by Gasteiger charge is -2.26. The van der Waals surface area contributed by atoms with E-state index in [4.69, 9.17) is 23.7 Å². The van der Waals surface area contributed by atoms with E-state index >= 15 is 4.39 Å². The molecule has 36 heavy (non-hydrogen) atoms. The molecule has 5 nitrogen and oxygen atoms in total. The molecule has 1 fully saturated rings. The molecule has 0 unspecified atom stereocenters. The van der Waals surface area contributed by atoms with Crippen LogP contribution in [-0.4, -0.2) is 44.0 Å². The largest absolute Gasteiger partial charge is 0.374 e. The van der Waals surface area contributed by atoms with Crippen LogP contribution in [0, 0.1) is 0 Å². The molecule has 3 aromatic carbocycles. The quantitative estimate of drug-likeness (QED) is 0.273. The fourth-order valence-electron chi connectivity index (χ4n) is 4.09. The van der Waals surface area contributed by atoms with Gasteiger partial charge in [0, 0.05) is 0 Å². The van der Waals surface area contributed by atoms with Gasteiger partial charge in [-0.3, -0.25) is 0 Å². The summed E-state index contributed by atoms with van der Waals surface area (Å²) < 4.78 is 45.6. The molecule has 4 rings (SSSR count). The number of benzene rings is 3. The summed E-state index contributed by atoms with van der Waals surface area (Å²) in [5, 5.41) is 0. The Bertz CT molecular complexity index is 1020. The van der Waals surface area contributed by atoms with E-state index in [9.17, 15) is 0 Å². The van der Waals surface area contributed by atoms with Gasteiger partial charge >= 0.3 is 0 Å². The average molecular weight is 493 g/mol. The normalized spacial score (nSPS) is 22.4. The minimum Gasteiger partial charge on any atom is -0.374 e. The van der Waals surface area contributed by atoms with Crippen molar-refractivity contribution in [1.29, 1.82) is 0 Å². The maximum absolute atomic E-state index is 15.6. The summed E-state index contributed by atoms with van der Waals surface area (Å²) in [6.45, 7) is 4.75. The monoisotopic (exact) mass is 492 g/mol. The first kappa shape index (κ1) is 26.2. The van der Waals surface area contributed by atoms with Crippen LogP contribution in [0.5, 0.6) is 0 Å². The lowest BCUT2D eigenvalue weighted by Crippen LogP contribution is -2.42. The van der Waals surface area contributed by atoms with Gasteiger partial charge in [-0.15, -0.1) is 6.58 Å². The standard InChI is InChI=1S/C30H33FO5/c1-2-18-33-30-29(35-21-25-16-10-5-11-17-25)28(34-20-24-14-8-4-9-15-24)27(36-30)26(31)22-32-19-23-12-6-3-7-13-23/h2-17,26-30H,1,18-22H2/t26-,27-,28-,29+,30-/m0/s1. The molecular weight excluding hydrogens is 459 g/mol. The van der Waals surface area contributed by atoms with Crippen molar-refractivity contribution in [3.63, 3.8) is 0 Å².